The lowest BCUT2D eigenvalue weighted by Crippen LogP contribution is -2.44. The van der Waals surface area contributed by atoms with Crippen LogP contribution in [0.4, 0.5) is 0 Å². The number of rotatable bonds is 1. The molecule has 0 spiro atoms. The number of aliphatic hydroxyl groups excluding tert-OH is 1. The second kappa shape index (κ2) is 2.44. The van der Waals surface area contributed by atoms with E-state index in [1.54, 1.807) is 0 Å². The lowest BCUT2D eigenvalue weighted by atomic mass is 9.94. The van der Waals surface area contributed by atoms with E-state index in [2.05, 4.69) is 4.90 Å². The van der Waals surface area contributed by atoms with Gasteiger partial charge >= 0.3 is 0 Å². The molecule has 3 heteroatoms. The third-order valence-electron chi connectivity index (χ3n) is 3.09. The fraction of sp³-hybridized carbons (Fsp3) is 1.00. The van der Waals surface area contributed by atoms with E-state index in [1.165, 1.54) is 6.42 Å². The Morgan fingerprint density at radius 3 is 3.00 bits per heavy atom. The van der Waals surface area contributed by atoms with E-state index in [1.807, 2.05) is 0 Å². The van der Waals surface area contributed by atoms with Crippen molar-refractivity contribution < 1.29 is 10.2 Å². The lowest BCUT2D eigenvalue weighted by molar-refractivity contribution is -0.0335. The van der Waals surface area contributed by atoms with E-state index >= 15 is 0 Å². The molecule has 2 unspecified atom stereocenters. The monoisotopic (exact) mass is 157 g/mol. The number of aliphatic hydroxyl groups is 2. The first-order valence-corrected chi connectivity index (χ1v) is 4.33. The minimum Gasteiger partial charge on any atom is -0.393 e. The van der Waals surface area contributed by atoms with E-state index in [9.17, 15) is 5.11 Å². The average molecular weight is 157 g/mol. The molecule has 0 radical (unpaired) electrons. The van der Waals surface area contributed by atoms with Gasteiger partial charge in [-0.05, 0) is 25.8 Å². The normalized spacial score (nSPS) is 44.7. The van der Waals surface area contributed by atoms with Crippen molar-refractivity contribution in [1.29, 1.82) is 0 Å². The molecule has 3 nitrogen and oxygen atoms in total. The Hall–Kier alpha value is -0.120. The van der Waals surface area contributed by atoms with Crippen LogP contribution >= 0.6 is 0 Å². The third kappa shape index (κ3) is 0.991. The van der Waals surface area contributed by atoms with E-state index in [4.69, 9.17) is 5.11 Å². The largest absolute Gasteiger partial charge is 0.393 e. The zero-order valence-electron chi connectivity index (χ0n) is 6.66. The topological polar surface area (TPSA) is 43.7 Å². The Morgan fingerprint density at radius 1 is 1.45 bits per heavy atom. The van der Waals surface area contributed by atoms with Crippen molar-refractivity contribution in [3.05, 3.63) is 0 Å². The summed E-state index contributed by atoms with van der Waals surface area (Å²) in [6.07, 6.45) is 2.97. The molecule has 2 fully saturated rings. The molecule has 2 saturated heterocycles. The second-order valence-corrected chi connectivity index (χ2v) is 3.71. The summed E-state index contributed by atoms with van der Waals surface area (Å²) in [7, 11) is 0. The molecule has 64 valence electrons. The van der Waals surface area contributed by atoms with Gasteiger partial charge in [-0.15, -0.1) is 0 Å². The molecule has 0 aliphatic carbocycles. The Balaban J connectivity index is 2.14. The first-order chi connectivity index (χ1) is 5.26. The first-order valence-electron chi connectivity index (χ1n) is 4.33. The standard InChI is InChI=1S/C8H15NO2/c10-6-8(11)3-5-9-4-1-2-7(8)9/h7,10-11H,1-6H2. The zero-order chi connectivity index (χ0) is 7.90. The van der Waals surface area contributed by atoms with Crippen molar-refractivity contribution >= 4 is 0 Å². The average Bonchev–Trinajstić information content (AvgIpc) is 2.55. The molecule has 0 aromatic heterocycles. The zero-order valence-corrected chi connectivity index (χ0v) is 6.66. The summed E-state index contributed by atoms with van der Waals surface area (Å²) >= 11 is 0. The third-order valence-corrected chi connectivity index (χ3v) is 3.09. The fourth-order valence-electron chi connectivity index (χ4n) is 2.39. The Morgan fingerprint density at radius 2 is 2.27 bits per heavy atom. The molecule has 2 atom stereocenters. The van der Waals surface area contributed by atoms with Crippen molar-refractivity contribution in [3.8, 4) is 0 Å². The molecule has 0 amide bonds. The number of hydrogen-bond acceptors (Lipinski definition) is 3. The fourth-order valence-corrected chi connectivity index (χ4v) is 2.39. The Labute approximate surface area is 66.6 Å². The van der Waals surface area contributed by atoms with Gasteiger partial charge in [-0.2, -0.15) is 0 Å². The maximum Gasteiger partial charge on any atom is 0.104 e. The first kappa shape index (κ1) is 7.53. The van der Waals surface area contributed by atoms with Crippen LogP contribution in [0, 0.1) is 0 Å². The van der Waals surface area contributed by atoms with Crippen LogP contribution in [-0.2, 0) is 0 Å². The molecule has 2 N–H and O–H groups in total. The number of nitrogens with zero attached hydrogens (tertiary/aromatic N) is 1. The minimum absolute atomic E-state index is 0.0752. The van der Waals surface area contributed by atoms with Gasteiger partial charge in [0.1, 0.15) is 5.60 Å². The highest BCUT2D eigenvalue weighted by atomic mass is 16.3. The van der Waals surface area contributed by atoms with Gasteiger partial charge < -0.3 is 10.2 Å². The van der Waals surface area contributed by atoms with E-state index in [0.717, 1.165) is 25.9 Å². The van der Waals surface area contributed by atoms with Crippen LogP contribution in [0.15, 0.2) is 0 Å². The Bertz CT molecular complexity index is 162. The predicted molar refractivity (Wildman–Crippen MR) is 41.2 cm³/mol. The molecular weight excluding hydrogens is 142 g/mol. The number of fused-ring (bicyclic) bond motifs is 1. The SMILES string of the molecule is OCC1(O)CCN2CCCC21. The van der Waals surface area contributed by atoms with E-state index < -0.39 is 5.60 Å². The molecular formula is C8H15NO2. The quantitative estimate of drug-likeness (QED) is 0.543. The van der Waals surface area contributed by atoms with Crippen LogP contribution in [0.1, 0.15) is 19.3 Å². The molecule has 2 heterocycles. The van der Waals surface area contributed by atoms with E-state index in [0.29, 0.717) is 0 Å². The van der Waals surface area contributed by atoms with Gasteiger partial charge in [-0.25, -0.2) is 0 Å². The Kier molecular flexibility index (Phi) is 1.67. The van der Waals surface area contributed by atoms with Crippen LogP contribution < -0.4 is 0 Å². The molecule has 0 aromatic carbocycles. The second-order valence-electron chi connectivity index (χ2n) is 3.71. The van der Waals surface area contributed by atoms with Crippen LogP contribution in [0.3, 0.4) is 0 Å². The summed E-state index contributed by atoms with van der Waals surface area (Å²) < 4.78 is 0. The van der Waals surface area contributed by atoms with Crippen LogP contribution in [0.25, 0.3) is 0 Å². The molecule has 0 aromatic rings. The van der Waals surface area contributed by atoms with E-state index in [-0.39, 0.29) is 12.6 Å². The predicted octanol–water partition coefficient (Wildman–Crippen LogP) is -0.422. The van der Waals surface area contributed by atoms with Gasteiger partial charge in [0.25, 0.3) is 0 Å². The number of hydrogen-bond donors (Lipinski definition) is 2. The molecule has 11 heavy (non-hydrogen) atoms. The van der Waals surface area contributed by atoms with Crippen LogP contribution in [-0.4, -0.2) is 46.5 Å². The molecule has 2 aliphatic rings. The van der Waals surface area contributed by atoms with Crippen molar-refractivity contribution in [1.82, 2.24) is 4.90 Å². The van der Waals surface area contributed by atoms with Gasteiger partial charge in [0.05, 0.1) is 6.61 Å². The van der Waals surface area contributed by atoms with Gasteiger partial charge in [0, 0.05) is 12.6 Å². The van der Waals surface area contributed by atoms with Gasteiger partial charge in [0.15, 0.2) is 0 Å². The van der Waals surface area contributed by atoms with Crippen molar-refractivity contribution in [2.24, 2.45) is 0 Å². The highest BCUT2D eigenvalue weighted by Crippen LogP contribution is 2.35. The lowest BCUT2D eigenvalue weighted by Gasteiger charge is -2.27. The summed E-state index contributed by atoms with van der Waals surface area (Å²) in [5.41, 5.74) is -0.781. The summed E-state index contributed by atoms with van der Waals surface area (Å²) in [5, 5.41) is 18.9. The minimum atomic E-state index is -0.781. The van der Waals surface area contributed by atoms with Gasteiger partial charge in [-0.3, -0.25) is 4.90 Å². The maximum absolute atomic E-state index is 9.88. The van der Waals surface area contributed by atoms with Gasteiger partial charge in [0.2, 0.25) is 0 Å². The molecule has 0 saturated carbocycles. The molecule has 0 bridgehead atoms. The van der Waals surface area contributed by atoms with Crippen molar-refractivity contribution in [2.75, 3.05) is 19.7 Å². The van der Waals surface area contributed by atoms with Crippen molar-refractivity contribution in [3.63, 3.8) is 0 Å². The highest BCUT2D eigenvalue weighted by Gasteiger charge is 2.47. The maximum atomic E-state index is 9.88. The summed E-state index contributed by atoms with van der Waals surface area (Å²) in [6, 6.07) is 0.243. The highest BCUT2D eigenvalue weighted by molar-refractivity contribution is 5.02. The van der Waals surface area contributed by atoms with Crippen LogP contribution in [0.5, 0.6) is 0 Å². The van der Waals surface area contributed by atoms with Gasteiger partial charge in [-0.1, -0.05) is 0 Å². The van der Waals surface area contributed by atoms with Crippen molar-refractivity contribution in [2.45, 2.75) is 30.9 Å². The molecule has 2 rings (SSSR count). The molecule has 2 aliphatic heterocycles. The smallest absolute Gasteiger partial charge is 0.104 e. The van der Waals surface area contributed by atoms with Crippen LogP contribution in [0.2, 0.25) is 0 Å². The summed E-state index contributed by atoms with van der Waals surface area (Å²) in [4.78, 5) is 2.29. The summed E-state index contributed by atoms with van der Waals surface area (Å²) in [5.74, 6) is 0. The summed E-state index contributed by atoms with van der Waals surface area (Å²) in [6.45, 7) is 1.99.